The lowest BCUT2D eigenvalue weighted by molar-refractivity contribution is -0.0141. The molecule has 2 heteroatoms. The summed E-state index contributed by atoms with van der Waals surface area (Å²) in [6.07, 6.45) is 5.27. The summed E-state index contributed by atoms with van der Waals surface area (Å²) in [5.74, 6) is 1.69. The van der Waals surface area contributed by atoms with Crippen LogP contribution in [0.15, 0.2) is 0 Å². The predicted molar refractivity (Wildman–Crippen MR) is 69.7 cm³/mol. The minimum Gasteiger partial charge on any atom is -0.376 e. The third-order valence-corrected chi connectivity index (χ3v) is 3.64. The fraction of sp³-hybridized carbons (Fsp3) is 1.00. The van der Waals surface area contributed by atoms with Crippen molar-refractivity contribution in [3.05, 3.63) is 0 Å². The van der Waals surface area contributed by atoms with Crippen molar-refractivity contribution in [2.45, 2.75) is 65.0 Å². The highest BCUT2D eigenvalue weighted by Crippen LogP contribution is 2.31. The van der Waals surface area contributed by atoms with Gasteiger partial charge in [-0.15, -0.1) is 0 Å². The molecule has 0 aliphatic heterocycles. The largest absolute Gasteiger partial charge is 0.376 e. The highest BCUT2D eigenvalue weighted by atomic mass is 16.5. The second-order valence-corrected chi connectivity index (χ2v) is 6.32. The van der Waals surface area contributed by atoms with Crippen LogP contribution >= 0.6 is 0 Å². The van der Waals surface area contributed by atoms with Crippen molar-refractivity contribution in [3.63, 3.8) is 0 Å². The Morgan fingerprint density at radius 2 is 1.94 bits per heavy atom. The molecule has 0 radical (unpaired) electrons. The van der Waals surface area contributed by atoms with E-state index in [0.717, 1.165) is 18.4 Å². The Bertz CT molecular complexity index is 197. The molecule has 0 saturated heterocycles. The molecule has 1 N–H and O–H groups in total. The van der Waals surface area contributed by atoms with Gasteiger partial charge in [0.1, 0.15) is 0 Å². The normalized spacial score (nSPS) is 31.7. The van der Waals surface area contributed by atoms with Gasteiger partial charge in [-0.25, -0.2) is 0 Å². The van der Waals surface area contributed by atoms with Crippen molar-refractivity contribution < 1.29 is 4.74 Å². The second-order valence-electron chi connectivity index (χ2n) is 6.32. The average Bonchev–Trinajstić information content (AvgIpc) is 2.16. The van der Waals surface area contributed by atoms with Crippen LogP contribution < -0.4 is 5.32 Å². The minimum atomic E-state index is 0.00935. The Kier molecular flexibility index (Phi) is 5.26. The summed E-state index contributed by atoms with van der Waals surface area (Å²) in [7, 11) is 2.10. The van der Waals surface area contributed by atoms with Crippen LogP contribution in [0, 0.1) is 11.8 Å². The second kappa shape index (κ2) is 6.02. The van der Waals surface area contributed by atoms with E-state index in [1.165, 1.54) is 25.7 Å². The number of rotatable bonds is 4. The van der Waals surface area contributed by atoms with E-state index in [0.29, 0.717) is 6.04 Å². The molecule has 0 amide bonds. The molecule has 1 fully saturated rings. The standard InChI is InChI=1S/C14H29NO/c1-11-6-7-13(15-5)12(10-11)8-9-16-14(2,3)4/h11-13,15H,6-10H2,1-5H3. The van der Waals surface area contributed by atoms with Crippen molar-refractivity contribution in [1.82, 2.24) is 5.32 Å². The summed E-state index contributed by atoms with van der Waals surface area (Å²) >= 11 is 0. The molecule has 0 aromatic carbocycles. The Morgan fingerprint density at radius 3 is 2.50 bits per heavy atom. The Labute approximate surface area is 101 Å². The van der Waals surface area contributed by atoms with Gasteiger partial charge in [0.2, 0.25) is 0 Å². The summed E-state index contributed by atoms with van der Waals surface area (Å²) in [4.78, 5) is 0. The molecule has 0 aromatic heterocycles. The van der Waals surface area contributed by atoms with Gasteiger partial charge in [-0.1, -0.05) is 6.92 Å². The molecule has 0 bridgehead atoms. The fourth-order valence-corrected chi connectivity index (χ4v) is 2.71. The SMILES string of the molecule is CNC1CCC(C)CC1CCOC(C)(C)C. The van der Waals surface area contributed by atoms with Crippen LogP contribution in [0.25, 0.3) is 0 Å². The molecule has 3 unspecified atom stereocenters. The quantitative estimate of drug-likeness (QED) is 0.796. The smallest absolute Gasteiger partial charge is 0.0598 e. The predicted octanol–water partition coefficient (Wildman–Crippen LogP) is 3.22. The molecule has 16 heavy (non-hydrogen) atoms. The van der Waals surface area contributed by atoms with Crippen LogP contribution in [-0.4, -0.2) is 25.3 Å². The van der Waals surface area contributed by atoms with Crippen LogP contribution in [-0.2, 0) is 4.74 Å². The average molecular weight is 227 g/mol. The van der Waals surface area contributed by atoms with Crippen molar-refractivity contribution in [2.75, 3.05) is 13.7 Å². The zero-order chi connectivity index (χ0) is 12.2. The van der Waals surface area contributed by atoms with Gasteiger partial charge in [0, 0.05) is 12.6 Å². The molecule has 0 heterocycles. The molecule has 0 spiro atoms. The van der Waals surface area contributed by atoms with Gasteiger partial charge in [0.15, 0.2) is 0 Å². The van der Waals surface area contributed by atoms with E-state index in [4.69, 9.17) is 4.74 Å². The minimum absolute atomic E-state index is 0.00935. The Hall–Kier alpha value is -0.0800. The molecule has 1 aliphatic rings. The maximum absolute atomic E-state index is 5.83. The molecular weight excluding hydrogens is 198 g/mol. The number of hydrogen-bond donors (Lipinski definition) is 1. The highest BCUT2D eigenvalue weighted by molar-refractivity contribution is 4.82. The van der Waals surface area contributed by atoms with Gasteiger partial charge in [-0.2, -0.15) is 0 Å². The van der Waals surface area contributed by atoms with E-state index in [-0.39, 0.29) is 5.60 Å². The van der Waals surface area contributed by atoms with E-state index in [1.54, 1.807) is 0 Å². The van der Waals surface area contributed by atoms with E-state index in [1.807, 2.05) is 0 Å². The van der Waals surface area contributed by atoms with Gasteiger partial charge in [-0.05, 0) is 65.3 Å². The van der Waals surface area contributed by atoms with Gasteiger partial charge >= 0.3 is 0 Å². The summed E-state index contributed by atoms with van der Waals surface area (Å²) in [5.41, 5.74) is 0.00935. The lowest BCUT2D eigenvalue weighted by Gasteiger charge is -2.35. The Morgan fingerprint density at radius 1 is 1.25 bits per heavy atom. The van der Waals surface area contributed by atoms with E-state index < -0.39 is 0 Å². The summed E-state index contributed by atoms with van der Waals surface area (Å²) in [6, 6.07) is 0.708. The van der Waals surface area contributed by atoms with Crippen molar-refractivity contribution in [3.8, 4) is 0 Å². The molecule has 1 rings (SSSR count). The third-order valence-electron chi connectivity index (χ3n) is 3.64. The molecular formula is C14H29NO. The highest BCUT2D eigenvalue weighted by Gasteiger charge is 2.27. The van der Waals surface area contributed by atoms with Crippen molar-refractivity contribution >= 4 is 0 Å². The molecule has 1 aliphatic carbocycles. The lowest BCUT2D eigenvalue weighted by Crippen LogP contribution is -2.39. The van der Waals surface area contributed by atoms with Crippen LogP contribution in [0.4, 0.5) is 0 Å². The third kappa shape index (κ3) is 4.84. The first-order valence-electron chi connectivity index (χ1n) is 6.73. The molecule has 1 saturated carbocycles. The summed E-state index contributed by atoms with van der Waals surface area (Å²) in [6.45, 7) is 9.67. The Balaban J connectivity index is 2.32. The summed E-state index contributed by atoms with van der Waals surface area (Å²) < 4.78 is 5.83. The molecule has 2 nitrogen and oxygen atoms in total. The van der Waals surface area contributed by atoms with Crippen LogP contribution in [0.1, 0.15) is 53.4 Å². The van der Waals surface area contributed by atoms with Crippen LogP contribution in [0.5, 0.6) is 0 Å². The molecule has 96 valence electrons. The summed E-state index contributed by atoms with van der Waals surface area (Å²) in [5, 5.41) is 3.47. The maximum Gasteiger partial charge on any atom is 0.0598 e. The van der Waals surface area contributed by atoms with E-state index >= 15 is 0 Å². The van der Waals surface area contributed by atoms with Crippen molar-refractivity contribution in [1.29, 1.82) is 0 Å². The van der Waals surface area contributed by atoms with Gasteiger partial charge in [-0.3, -0.25) is 0 Å². The van der Waals surface area contributed by atoms with Crippen LogP contribution in [0.3, 0.4) is 0 Å². The molecule has 0 aromatic rings. The van der Waals surface area contributed by atoms with Crippen molar-refractivity contribution in [2.24, 2.45) is 11.8 Å². The first-order chi connectivity index (χ1) is 7.42. The topological polar surface area (TPSA) is 21.3 Å². The van der Waals surface area contributed by atoms with Gasteiger partial charge in [0.25, 0.3) is 0 Å². The van der Waals surface area contributed by atoms with Gasteiger partial charge in [0.05, 0.1) is 5.60 Å². The van der Waals surface area contributed by atoms with Crippen LogP contribution in [0.2, 0.25) is 0 Å². The van der Waals surface area contributed by atoms with Gasteiger partial charge < -0.3 is 10.1 Å². The first-order valence-corrected chi connectivity index (χ1v) is 6.73. The number of ether oxygens (including phenoxy) is 1. The first kappa shape index (κ1) is 14.0. The van der Waals surface area contributed by atoms with E-state index in [9.17, 15) is 0 Å². The lowest BCUT2D eigenvalue weighted by atomic mass is 9.77. The molecule has 3 atom stereocenters. The monoisotopic (exact) mass is 227 g/mol. The zero-order valence-corrected chi connectivity index (χ0v) is 11.7. The van der Waals surface area contributed by atoms with E-state index in [2.05, 4.69) is 40.1 Å². The maximum atomic E-state index is 5.83. The zero-order valence-electron chi connectivity index (χ0n) is 11.7. The fourth-order valence-electron chi connectivity index (χ4n) is 2.71. The number of nitrogens with one attached hydrogen (secondary N) is 1. The number of hydrogen-bond acceptors (Lipinski definition) is 2.